The van der Waals surface area contributed by atoms with E-state index in [1.807, 2.05) is 0 Å². The second-order valence-electron chi connectivity index (χ2n) is 8.28. The van der Waals surface area contributed by atoms with Gasteiger partial charge in [0.1, 0.15) is 17.7 Å². The van der Waals surface area contributed by atoms with Gasteiger partial charge in [-0.25, -0.2) is 14.4 Å². The van der Waals surface area contributed by atoms with Crippen molar-refractivity contribution in [3.63, 3.8) is 0 Å². The normalized spacial score (nSPS) is 17.8. The number of hydrogen-bond donors (Lipinski definition) is 1. The maximum atomic E-state index is 13.6. The van der Waals surface area contributed by atoms with E-state index in [0.717, 1.165) is 18.2 Å². The van der Waals surface area contributed by atoms with E-state index in [4.69, 9.17) is 11.6 Å². The standard InChI is InChI=1S/C23H20ClF4N5O2S/c1-12-7-14(23(26,27)28)9-19(30-12)33-11-13(20(34)31-22-29-5-6-36-22)8-18(33)21(35)32(2)15-3-4-17(25)16(24)10-15/h3-7,9-10,13,18H,8,11H2,1-2H3,(H,29,31,34)/t13-,18-/m0/s1. The zero-order chi connectivity index (χ0) is 26.2. The summed E-state index contributed by atoms with van der Waals surface area (Å²) in [6, 6.07) is 4.50. The van der Waals surface area contributed by atoms with Crippen LogP contribution < -0.4 is 15.1 Å². The van der Waals surface area contributed by atoms with Crippen LogP contribution in [0.4, 0.5) is 34.2 Å². The van der Waals surface area contributed by atoms with Crippen molar-refractivity contribution >= 4 is 51.4 Å². The fourth-order valence-electron chi connectivity index (χ4n) is 4.01. The molecule has 0 aliphatic carbocycles. The van der Waals surface area contributed by atoms with Crippen LogP contribution in [-0.4, -0.2) is 41.4 Å². The summed E-state index contributed by atoms with van der Waals surface area (Å²) in [5, 5.41) is 4.54. The number of thiazole rings is 1. The summed E-state index contributed by atoms with van der Waals surface area (Å²) < 4.78 is 54.1. The molecule has 190 valence electrons. The predicted octanol–water partition coefficient (Wildman–Crippen LogP) is 5.15. The van der Waals surface area contributed by atoms with Crippen molar-refractivity contribution in [1.29, 1.82) is 0 Å². The van der Waals surface area contributed by atoms with Gasteiger partial charge < -0.3 is 15.1 Å². The molecule has 1 saturated heterocycles. The summed E-state index contributed by atoms with van der Waals surface area (Å²) >= 11 is 7.07. The predicted molar refractivity (Wildman–Crippen MR) is 129 cm³/mol. The number of nitrogens with zero attached hydrogens (tertiary/aromatic N) is 4. The van der Waals surface area contributed by atoms with E-state index in [1.54, 1.807) is 5.38 Å². The van der Waals surface area contributed by atoms with Gasteiger partial charge in [0.05, 0.1) is 16.5 Å². The van der Waals surface area contributed by atoms with Crippen LogP contribution in [0.25, 0.3) is 0 Å². The number of carbonyl (C=O) groups is 2. The molecule has 2 aromatic heterocycles. The molecule has 4 rings (SSSR count). The Balaban J connectivity index is 1.68. The number of pyridine rings is 1. The zero-order valence-corrected chi connectivity index (χ0v) is 20.6. The van der Waals surface area contributed by atoms with E-state index >= 15 is 0 Å². The molecular formula is C23H20ClF4N5O2S. The van der Waals surface area contributed by atoms with Crippen molar-refractivity contribution < 1.29 is 27.2 Å². The number of nitrogens with one attached hydrogen (secondary N) is 1. The third-order valence-electron chi connectivity index (χ3n) is 5.80. The highest BCUT2D eigenvalue weighted by atomic mass is 35.5. The van der Waals surface area contributed by atoms with Gasteiger partial charge in [-0.15, -0.1) is 11.3 Å². The Morgan fingerprint density at radius 1 is 1.25 bits per heavy atom. The lowest BCUT2D eigenvalue weighted by Gasteiger charge is -2.29. The van der Waals surface area contributed by atoms with E-state index in [1.165, 1.54) is 53.4 Å². The van der Waals surface area contributed by atoms with Crippen molar-refractivity contribution in [2.45, 2.75) is 25.6 Å². The van der Waals surface area contributed by atoms with Crippen LogP contribution in [0.5, 0.6) is 0 Å². The maximum Gasteiger partial charge on any atom is 0.416 e. The monoisotopic (exact) mass is 541 g/mol. The minimum Gasteiger partial charge on any atom is -0.344 e. The second-order valence-corrected chi connectivity index (χ2v) is 9.58. The lowest BCUT2D eigenvalue weighted by atomic mass is 10.0. The molecule has 1 aliphatic rings. The quantitative estimate of drug-likeness (QED) is 0.452. The molecule has 0 radical (unpaired) electrons. The van der Waals surface area contributed by atoms with Gasteiger partial charge in [0.15, 0.2) is 5.13 Å². The highest BCUT2D eigenvalue weighted by Crippen LogP contribution is 2.36. The van der Waals surface area contributed by atoms with Crippen molar-refractivity contribution in [1.82, 2.24) is 9.97 Å². The van der Waals surface area contributed by atoms with Crippen LogP contribution >= 0.6 is 22.9 Å². The highest BCUT2D eigenvalue weighted by molar-refractivity contribution is 7.13. The Bertz CT molecular complexity index is 1290. The average Bonchev–Trinajstić information content (AvgIpc) is 3.49. The minimum absolute atomic E-state index is 0.0201. The number of anilines is 3. The number of likely N-dealkylation sites (N-methyl/N-ethyl adjacent to an activating group) is 1. The third-order valence-corrected chi connectivity index (χ3v) is 6.78. The molecule has 1 fully saturated rings. The average molecular weight is 542 g/mol. The Labute approximate surface area is 212 Å². The van der Waals surface area contributed by atoms with E-state index in [0.29, 0.717) is 5.13 Å². The number of aromatic nitrogens is 2. The summed E-state index contributed by atoms with van der Waals surface area (Å²) in [4.78, 5) is 37.3. The molecule has 1 aromatic carbocycles. The lowest BCUT2D eigenvalue weighted by molar-refractivity contribution is -0.137. The van der Waals surface area contributed by atoms with Gasteiger partial charge in [-0.2, -0.15) is 13.2 Å². The molecule has 0 saturated carbocycles. The van der Waals surface area contributed by atoms with E-state index < -0.39 is 41.3 Å². The minimum atomic E-state index is -4.62. The smallest absolute Gasteiger partial charge is 0.344 e. The van der Waals surface area contributed by atoms with E-state index in [2.05, 4.69) is 15.3 Å². The van der Waals surface area contributed by atoms with Gasteiger partial charge in [-0.05, 0) is 43.7 Å². The molecule has 13 heteroatoms. The summed E-state index contributed by atoms with van der Waals surface area (Å²) in [6.45, 7) is 1.38. The fourth-order valence-corrected chi connectivity index (χ4v) is 4.72. The molecule has 3 aromatic rings. The van der Waals surface area contributed by atoms with E-state index in [9.17, 15) is 27.2 Å². The SMILES string of the molecule is Cc1cc(C(F)(F)F)cc(N2C[C@@H](C(=O)Nc3nccs3)C[C@H]2C(=O)N(C)c2ccc(F)c(Cl)c2)n1. The van der Waals surface area contributed by atoms with Gasteiger partial charge in [-0.3, -0.25) is 9.59 Å². The molecule has 2 atom stereocenters. The number of hydrogen-bond acceptors (Lipinski definition) is 6. The molecule has 3 heterocycles. The van der Waals surface area contributed by atoms with Crippen LogP contribution in [0, 0.1) is 18.7 Å². The van der Waals surface area contributed by atoms with Crippen molar-refractivity contribution in [2.24, 2.45) is 5.92 Å². The van der Waals surface area contributed by atoms with Crippen molar-refractivity contribution in [3.8, 4) is 0 Å². The molecule has 0 bridgehead atoms. The largest absolute Gasteiger partial charge is 0.416 e. The van der Waals surface area contributed by atoms with Crippen LogP contribution in [0.3, 0.4) is 0 Å². The van der Waals surface area contributed by atoms with E-state index in [-0.39, 0.29) is 35.2 Å². The van der Waals surface area contributed by atoms with Gasteiger partial charge in [0.2, 0.25) is 11.8 Å². The van der Waals surface area contributed by atoms with Gasteiger partial charge >= 0.3 is 6.18 Å². The molecule has 0 spiro atoms. The number of rotatable bonds is 5. The topological polar surface area (TPSA) is 78.4 Å². The second kappa shape index (κ2) is 10.0. The van der Waals surface area contributed by atoms with Gasteiger partial charge in [-0.1, -0.05) is 11.6 Å². The first-order valence-corrected chi connectivity index (χ1v) is 12.0. The molecule has 2 amide bonds. The van der Waals surface area contributed by atoms with Crippen molar-refractivity contribution in [3.05, 3.63) is 64.0 Å². The van der Waals surface area contributed by atoms with Crippen LogP contribution in [0.15, 0.2) is 41.9 Å². The van der Waals surface area contributed by atoms with Crippen molar-refractivity contribution in [2.75, 3.05) is 28.7 Å². The summed E-state index contributed by atoms with van der Waals surface area (Å²) in [7, 11) is 1.44. The molecule has 7 nitrogen and oxygen atoms in total. The van der Waals surface area contributed by atoms with Crippen LogP contribution in [0.2, 0.25) is 5.02 Å². The lowest BCUT2D eigenvalue weighted by Crippen LogP contribution is -2.44. The zero-order valence-electron chi connectivity index (χ0n) is 19.0. The summed E-state index contributed by atoms with van der Waals surface area (Å²) in [5.41, 5.74) is -0.513. The molecular weight excluding hydrogens is 522 g/mol. The first-order chi connectivity index (χ1) is 16.9. The number of halogens is 5. The number of carbonyl (C=O) groups excluding carboxylic acids is 2. The Kier molecular flexibility index (Phi) is 7.19. The number of aryl methyl sites for hydroxylation is 1. The summed E-state index contributed by atoms with van der Waals surface area (Å²) in [6.07, 6.45) is -3.08. The Morgan fingerprint density at radius 3 is 2.64 bits per heavy atom. The molecule has 1 N–H and O–H groups in total. The highest BCUT2D eigenvalue weighted by Gasteiger charge is 2.43. The molecule has 1 aliphatic heterocycles. The van der Waals surface area contributed by atoms with Crippen LogP contribution in [-0.2, 0) is 15.8 Å². The number of alkyl halides is 3. The fraction of sp³-hybridized carbons (Fsp3) is 0.304. The van der Waals surface area contributed by atoms with Crippen LogP contribution in [0.1, 0.15) is 17.7 Å². The van der Waals surface area contributed by atoms with Gasteiger partial charge in [0.25, 0.3) is 0 Å². The Hall–Kier alpha value is -3.25. The third kappa shape index (κ3) is 5.44. The first kappa shape index (κ1) is 25.8. The number of benzene rings is 1. The number of amides is 2. The summed E-state index contributed by atoms with van der Waals surface area (Å²) in [5.74, 6) is -2.40. The Morgan fingerprint density at radius 2 is 2.00 bits per heavy atom. The van der Waals surface area contributed by atoms with Gasteiger partial charge in [0, 0.05) is 36.6 Å². The first-order valence-electron chi connectivity index (χ1n) is 10.7. The maximum absolute atomic E-state index is 13.6. The molecule has 0 unspecified atom stereocenters. The molecule has 36 heavy (non-hydrogen) atoms.